The van der Waals surface area contributed by atoms with Crippen LogP contribution in [0.3, 0.4) is 0 Å². The van der Waals surface area contributed by atoms with Gasteiger partial charge in [0, 0.05) is 17.7 Å². The van der Waals surface area contributed by atoms with E-state index < -0.39 is 0 Å². The van der Waals surface area contributed by atoms with Gasteiger partial charge >= 0.3 is 5.97 Å². The van der Waals surface area contributed by atoms with Crippen LogP contribution in [0, 0.1) is 11.8 Å². The number of esters is 1. The number of rotatable bonds is 4. The van der Waals surface area contributed by atoms with Gasteiger partial charge in [0.1, 0.15) is 0 Å². The van der Waals surface area contributed by atoms with Crippen LogP contribution in [-0.2, 0) is 9.47 Å². The predicted octanol–water partition coefficient (Wildman–Crippen LogP) is 2.00. The lowest BCUT2D eigenvalue weighted by Crippen LogP contribution is -2.11. The number of hydrogen-bond donors (Lipinski definition) is 0. The molecule has 0 aromatic carbocycles. The Balaban J connectivity index is 1.88. The summed E-state index contributed by atoms with van der Waals surface area (Å²) in [6.07, 6.45) is 0. The van der Waals surface area contributed by atoms with Gasteiger partial charge in [0.25, 0.3) is 0 Å². The van der Waals surface area contributed by atoms with E-state index in [1.54, 1.807) is 6.92 Å². The normalized spacial score (nSPS) is 28.5. The number of carbonyl (C=O) groups is 1. The summed E-state index contributed by atoms with van der Waals surface area (Å²) in [6.45, 7) is 8.03. The zero-order valence-corrected chi connectivity index (χ0v) is 11.6. The molecule has 0 bridgehead atoms. The summed E-state index contributed by atoms with van der Waals surface area (Å²) in [6, 6.07) is 2.15. The molecule has 3 atom stereocenters. The Kier molecular flexibility index (Phi) is 3.09. The first-order valence-corrected chi connectivity index (χ1v) is 6.97. The number of ether oxygens (including phenoxy) is 2. The Morgan fingerprint density at radius 2 is 2.21 bits per heavy atom. The maximum absolute atomic E-state index is 11.8. The molecular formula is C14H20N2O3. The third-order valence-electron chi connectivity index (χ3n) is 4.03. The summed E-state index contributed by atoms with van der Waals surface area (Å²) >= 11 is 0. The molecule has 1 aromatic heterocycles. The van der Waals surface area contributed by atoms with Gasteiger partial charge in [0.05, 0.1) is 19.8 Å². The third-order valence-corrected chi connectivity index (χ3v) is 4.03. The Labute approximate surface area is 112 Å². The Hall–Kier alpha value is -1.36. The van der Waals surface area contributed by atoms with Crippen LogP contribution in [0.25, 0.3) is 0 Å². The number of carbonyl (C=O) groups excluding carboxylic acids is 1. The van der Waals surface area contributed by atoms with Crippen LogP contribution in [0.4, 0.5) is 0 Å². The first-order valence-electron chi connectivity index (χ1n) is 6.97. The van der Waals surface area contributed by atoms with E-state index in [4.69, 9.17) is 9.47 Å². The monoisotopic (exact) mass is 264 g/mol. The zero-order chi connectivity index (χ0) is 13.6. The van der Waals surface area contributed by atoms with Crippen LogP contribution < -0.4 is 0 Å². The van der Waals surface area contributed by atoms with Crippen LogP contribution in [0.2, 0.25) is 0 Å². The fraction of sp³-hybridized carbons (Fsp3) is 0.714. The fourth-order valence-electron chi connectivity index (χ4n) is 3.05. The van der Waals surface area contributed by atoms with Gasteiger partial charge in [0.15, 0.2) is 5.69 Å². The van der Waals surface area contributed by atoms with Crippen LogP contribution in [0.15, 0.2) is 6.07 Å². The summed E-state index contributed by atoms with van der Waals surface area (Å²) in [7, 11) is 0. The van der Waals surface area contributed by atoms with E-state index in [0.717, 1.165) is 18.9 Å². The Morgan fingerprint density at radius 1 is 1.53 bits per heavy atom. The van der Waals surface area contributed by atoms with Crippen molar-refractivity contribution in [1.29, 1.82) is 0 Å². The Bertz CT molecular complexity index is 485. The van der Waals surface area contributed by atoms with Crippen molar-refractivity contribution in [2.75, 3.05) is 19.8 Å². The van der Waals surface area contributed by atoms with Crippen molar-refractivity contribution in [2.45, 2.75) is 32.7 Å². The first kappa shape index (κ1) is 12.7. The molecule has 0 spiro atoms. The zero-order valence-electron chi connectivity index (χ0n) is 11.6. The van der Waals surface area contributed by atoms with Crippen molar-refractivity contribution < 1.29 is 14.3 Å². The van der Waals surface area contributed by atoms with Crippen LogP contribution in [-0.4, -0.2) is 35.6 Å². The molecule has 1 saturated heterocycles. The minimum Gasteiger partial charge on any atom is -0.461 e. The molecular weight excluding hydrogens is 244 g/mol. The van der Waals surface area contributed by atoms with Crippen LogP contribution in [0.1, 0.15) is 48.9 Å². The lowest BCUT2D eigenvalue weighted by Gasteiger charge is -2.12. The van der Waals surface area contributed by atoms with Crippen molar-refractivity contribution in [3.63, 3.8) is 0 Å². The van der Waals surface area contributed by atoms with E-state index in [2.05, 4.69) is 18.9 Å². The molecule has 0 amide bonds. The molecule has 19 heavy (non-hydrogen) atoms. The second-order valence-corrected chi connectivity index (χ2v) is 5.60. The highest BCUT2D eigenvalue weighted by Gasteiger charge is 2.56. The predicted molar refractivity (Wildman–Crippen MR) is 69.1 cm³/mol. The largest absolute Gasteiger partial charge is 0.461 e. The van der Waals surface area contributed by atoms with Gasteiger partial charge in [-0.3, -0.25) is 4.68 Å². The Morgan fingerprint density at radius 3 is 2.79 bits per heavy atom. The molecule has 2 heterocycles. The second kappa shape index (κ2) is 4.63. The summed E-state index contributed by atoms with van der Waals surface area (Å²) in [5.41, 5.74) is 1.59. The summed E-state index contributed by atoms with van der Waals surface area (Å²) in [5, 5.41) is 4.42. The highest BCUT2D eigenvalue weighted by atomic mass is 16.5. The molecule has 2 fully saturated rings. The lowest BCUT2D eigenvalue weighted by atomic mass is 10.2. The number of nitrogens with zero attached hydrogens (tertiary/aromatic N) is 2. The molecule has 1 aliphatic heterocycles. The van der Waals surface area contributed by atoms with Gasteiger partial charge in [-0.15, -0.1) is 0 Å². The second-order valence-electron chi connectivity index (χ2n) is 5.60. The highest BCUT2D eigenvalue weighted by molar-refractivity contribution is 5.87. The van der Waals surface area contributed by atoms with Gasteiger partial charge in [-0.1, -0.05) is 0 Å². The smallest absolute Gasteiger partial charge is 0.358 e. The maximum Gasteiger partial charge on any atom is 0.358 e. The molecule has 5 heteroatoms. The van der Waals surface area contributed by atoms with Crippen LogP contribution >= 0.6 is 0 Å². The highest BCUT2D eigenvalue weighted by Crippen LogP contribution is 2.57. The summed E-state index contributed by atoms with van der Waals surface area (Å²) in [4.78, 5) is 11.8. The maximum atomic E-state index is 11.8. The molecule has 0 radical (unpaired) electrons. The number of fused-ring (bicyclic) bond motifs is 1. The average Bonchev–Trinajstić information content (AvgIpc) is 2.82. The van der Waals surface area contributed by atoms with E-state index >= 15 is 0 Å². The van der Waals surface area contributed by atoms with Crippen molar-refractivity contribution in [1.82, 2.24) is 9.78 Å². The minimum absolute atomic E-state index is 0.250. The van der Waals surface area contributed by atoms with Gasteiger partial charge < -0.3 is 9.47 Å². The van der Waals surface area contributed by atoms with E-state index in [0.29, 0.717) is 30.1 Å². The van der Waals surface area contributed by atoms with Crippen molar-refractivity contribution in [3.8, 4) is 0 Å². The van der Waals surface area contributed by atoms with E-state index in [9.17, 15) is 4.79 Å². The molecule has 104 valence electrons. The minimum atomic E-state index is -0.329. The molecule has 3 rings (SSSR count). The van der Waals surface area contributed by atoms with Crippen LogP contribution in [0.5, 0.6) is 0 Å². The van der Waals surface area contributed by atoms with Gasteiger partial charge in [-0.2, -0.15) is 5.10 Å². The molecule has 0 unspecified atom stereocenters. The molecule has 1 saturated carbocycles. The first-order chi connectivity index (χ1) is 9.13. The van der Waals surface area contributed by atoms with Gasteiger partial charge in [-0.25, -0.2) is 4.79 Å². The molecule has 1 aliphatic carbocycles. The van der Waals surface area contributed by atoms with Crippen molar-refractivity contribution >= 4 is 5.97 Å². The third kappa shape index (κ3) is 2.06. The summed E-state index contributed by atoms with van der Waals surface area (Å²) in [5.74, 6) is 1.41. The standard InChI is InChI=1S/C14H20N2O3/c1-4-19-14(17)11-5-12(16(15-11)8(2)3)13-9-6-18-7-10(9)13/h5,8-10,13H,4,6-7H2,1-3H3/t9-,10+,13+. The van der Waals surface area contributed by atoms with E-state index in [-0.39, 0.29) is 12.0 Å². The molecule has 1 aromatic rings. The number of hydrogen-bond acceptors (Lipinski definition) is 4. The van der Waals surface area contributed by atoms with Crippen molar-refractivity contribution in [2.24, 2.45) is 11.8 Å². The number of aromatic nitrogens is 2. The molecule has 0 N–H and O–H groups in total. The SMILES string of the molecule is CCOC(=O)c1cc([C@H]2[C@@H]3COC[C@@H]32)n(C(C)C)n1. The van der Waals surface area contributed by atoms with E-state index in [1.165, 1.54) is 0 Å². The quantitative estimate of drug-likeness (QED) is 0.780. The molecule has 5 nitrogen and oxygen atoms in total. The average molecular weight is 264 g/mol. The van der Waals surface area contributed by atoms with Crippen molar-refractivity contribution in [3.05, 3.63) is 17.5 Å². The topological polar surface area (TPSA) is 53.4 Å². The summed E-state index contributed by atoms with van der Waals surface area (Å²) < 4.78 is 12.4. The molecule has 2 aliphatic rings. The fourth-order valence-corrected chi connectivity index (χ4v) is 3.05. The van der Waals surface area contributed by atoms with Gasteiger partial charge in [0.2, 0.25) is 0 Å². The van der Waals surface area contributed by atoms with Gasteiger partial charge in [-0.05, 0) is 38.7 Å². The van der Waals surface area contributed by atoms with E-state index in [1.807, 2.05) is 10.7 Å². The lowest BCUT2D eigenvalue weighted by molar-refractivity contribution is 0.0518.